The third-order valence-corrected chi connectivity index (χ3v) is 6.72. The van der Waals surface area contributed by atoms with E-state index in [2.05, 4.69) is 19.2 Å². The molecule has 0 fully saturated rings. The molecule has 0 aliphatic rings. The molecular formula is C27H40Cl2N2O2. The number of nitrogens with zero attached hydrogens (tertiary/aromatic N) is 1. The molecule has 2 aromatic carbocycles. The van der Waals surface area contributed by atoms with Crippen molar-refractivity contribution in [1.82, 2.24) is 4.90 Å². The van der Waals surface area contributed by atoms with Gasteiger partial charge in [-0.3, -0.25) is 0 Å². The molecule has 4 nitrogen and oxygen atoms in total. The lowest BCUT2D eigenvalue weighted by atomic mass is 10.1. The van der Waals surface area contributed by atoms with E-state index in [0.717, 1.165) is 38.8 Å². The van der Waals surface area contributed by atoms with Gasteiger partial charge in [0.15, 0.2) is 0 Å². The van der Waals surface area contributed by atoms with Gasteiger partial charge in [0.2, 0.25) is 0 Å². The van der Waals surface area contributed by atoms with E-state index in [-0.39, 0.29) is 16.8 Å². The van der Waals surface area contributed by atoms with Gasteiger partial charge >= 0.3 is 6.03 Å². The van der Waals surface area contributed by atoms with Crippen molar-refractivity contribution in [3.63, 3.8) is 0 Å². The van der Waals surface area contributed by atoms with Gasteiger partial charge in [0.25, 0.3) is 0 Å². The fourth-order valence-corrected chi connectivity index (χ4v) is 4.75. The quantitative estimate of drug-likeness (QED) is 0.242. The molecular weight excluding hydrogens is 455 g/mol. The van der Waals surface area contributed by atoms with Gasteiger partial charge < -0.3 is 15.3 Å². The number of fused-ring (bicyclic) bond motifs is 1. The first-order chi connectivity index (χ1) is 16.0. The number of hydrogen-bond donors (Lipinski definition) is 2. The lowest BCUT2D eigenvalue weighted by molar-refractivity contribution is 0.209. The summed E-state index contributed by atoms with van der Waals surface area (Å²) in [4.78, 5) is 15.2. The fraction of sp³-hybridized carbons (Fsp3) is 0.593. The molecule has 33 heavy (non-hydrogen) atoms. The Morgan fingerprint density at radius 2 is 1.39 bits per heavy atom. The SMILES string of the molecule is CCCCCCCCN(CCCCCCCC)C(=O)Nc1cccc2c(O)c(Cl)cc(Cl)c12. The van der Waals surface area contributed by atoms with Gasteiger partial charge in [-0.05, 0) is 25.0 Å². The maximum atomic E-state index is 13.2. The molecule has 0 aliphatic carbocycles. The van der Waals surface area contributed by atoms with E-state index >= 15 is 0 Å². The number of aromatic hydroxyl groups is 1. The van der Waals surface area contributed by atoms with Crippen LogP contribution >= 0.6 is 23.2 Å². The summed E-state index contributed by atoms with van der Waals surface area (Å²) in [5.41, 5.74) is 0.588. The predicted octanol–water partition coefficient (Wildman–Crippen LogP) is 9.41. The molecule has 0 bridgehead atoms. The number of anilines is 1. The second kappa shape index (κ2) is 15.3. The Kier molecular flexibility index (Phi) is 12.8. The highest BCUT2D eigenvalue weighted by Gasteiger charge is 2.17. The molecule has 0 heterocycles. The minimum Gasteiger partial charge on any atom is -0.506 e. The zero-order valence-corrected chi connectivity index (χ0v) is 21.8. The number of amides is 2. The highest BCUT2D eigenvalue weighted by molar-refractivity contribution is 6.41. The van der Waals surface area contributed by atoms with Crippen molar-refractivity contribution in [2.75, 3.05) is 18.4 Å². The van der Waals surface area contributed by atoms with Crippen LogP contribution in [0.3, 0.4) is 0 Å². The normalized spacial score (nSPS) is 11.2. The van der Waals surface area contributed by atoms with Gasteiger partial charge in [-0.15, -0.1) is 0 Å². The number of unbranched alkanes of at least 4 members (excludes halogenated alkanes) is 10. The number of carbonyl (C=O) groups is 1. The van der Waals surface area contributed by atoms with E-state index < -0.39 is 0 Å². The first kappa shape index (κ1) is 27.6. The van der Waals surface area contributed by atoms with Crippen molar-refractivity contribution in [3.05, 3.63) is 34.3 Å². The van der Waals surface area contributed by atoms with Crippen molar-refractivity contribution >= 4 is 45.7 Å². The fourth-order valence-electron chi connectivity index (χ4n) is 4.17. The van der Waals surface area contributed by atoms with Crippen molar-refractivity contribution in [2.24, 2.45) is 0 Å². The highest BCUT2D eigenvalue weighted by Crippen LogP contribution is 2.40. The molecule has 2 N–H and O–H groups in total. The Bertz CT molecular complexity index is 857. The minimum absolute atomic E-state index is 0.0248. The number of benzene rings is 2. The van der Waals surface area contributed by atoms with Crippen molar-refractivity contribution in [2.45, 2.75) is 90.9 Å². The van der Waals surface area contributed by atoms with Crippen LogP contribution in [0.5, 0.6) is 5.75 Å². The predicted molar refractivity (Wildman–Crippen MR) is 143 cm³/mol. The Hall–Kier alpha value is -1.65. The summed E-state index contributed by atoms with van der Waals surface area (Å²) in [6.45, 7) is 5.95. The molecule has 0 radical (unpaired) electrons. The van der Waals surface area contributed by atoms with Crippen LogP contribution in [0.4, 0.5) is 10.5 Å². The van der Waals surface area contributed by atoms with Crippen molar-refractivity contribution < 1.29 is 9.90 Å². The average Bonchev–Trinajstić information content (AvgIpc) is 2.80. The molecule has 2 amide bonds. The first-order valence-electron chi connectivity index (χ1n) is 12.6. The van der Waals surface area contributed by atoms with Crippen LogP contribution in [0, 0.1) is 0 Å². The van der Waals surface area contributed by atoms with Crippen LogP contribution in [0.2, 0.25) is 10.0 Å². The molecule has 2 aromatic rings. The number of phenols is 1. The van der Waals surface area contributed by atoms with Crippen LogP contribution in [-0.2, 0) is 0 Å². The van der Waals surface area contributed by atoms with Gasteiger partial charge in [0, 0.05) is 23.9 Å². The Labute approximate surface area is 209 Å². The molecule has 0 aromatic heterocycles. The molecule has 0 spiro atoms. The van der Waals surface area contributed by atoms with Gasteiger partial charge in [0.1, 0.15) is 5.75 Å². The zero-order valence-electron chi connectivity index (χ0n) is 20.3. The average molecular weight is 496 g/mol. The third kappa shape index (κ3) is 8.90. The number of phenolic OH excluding ortho intramolecular Hbond substituents is 1. The second-order valence-corrected chi connectivity index (χ2v) is 9.68. The van der Waals surface area contributed by atoms with Crippen LogP contribution in [0.15, 0.2) is 24.3 Å². The number of rotatable bonds is 15. The number of halogens is 2. The van der Waals surface area contributed by atoms with Crippen molar-refractivity contribution in [3.8, 4) is 5.75 Å². The molecule has 0 aliphatic heterocycles. The third-order valence-electron chi connectivity index (χ3n) is 6.13. The summed E-state index contributed by atoms with van der Waals surface area (Å²) in [7, 11) is 0. The Morgan fingerprint density at radius 3 is 1.97 bits per heavy atom. The smallest absolute Gasteiger partial charge is 0.321 e. The molecule has 0 saturated carbocycles. The van der Waals surface area contributed by atoms with Crippen LogP contribution in [0.1, 0.15) is 90.9 Å². The second-order valence-electron chi connectivity index (χ2n) is 8.87. The van der Waals surface area contributed by atoms with Gasteiger partial charge in [0.05, 0.1) is 15.7 Å². The van der Waals surface area contributed by atoms with Gasteiger partial charge in [-0.2, -0.15) is 0 Å². The first-order valence-corrected chi connectivity index (χ1v) is 13.4. The molecule has 0 saturated heterocycles. The highest BCUT2D eigenvalue weighted by atomic mass is 35.5. The van der Waals surface area contributed by atoms with Gasteiger partial charge in [-0.1, -0.05) is 113 Å². The van der Waals surface area contributed by atoms with Crippen LogP contribution < -0.4 is 5.32 Å². The molecule has 2 rings (SSSR count). The lowest BCUT2D eigenvalue weighted by Crippen LogP contribution is -2.36. The maximum absolute atomic E-state index is 13.2. The Morgan fingerprint density at radius 1 is 0.848 bits per heavy atom. The summed E-state index contributed by atoms with van der Waals surface area (Å²) >= 11 is 12.5. The summed E-state index contributed by atoms with van der Waals surface area (Å²) in [6.07, 6.45) is 14.3. The minimum atomic E-state index is -0.116. The van der Waals surface area contributed by atoms with E-state index in [1.54, 1.807) is 12.1 Å². The van der Waals surface area contributed by atoms with E-state index in [1.807, 2.05) is 11.0 Å². The summed E-state index contributed by atoms with van der Waals surface area (Å²) in [5.74, 6) is -0.0248. The van der Waals surface area contributed by atoms with Crippen molar-refractivity contribution in [1.29, 1.82) is 0 Å². The van der Waals surface area contributed by atoms with Crippen LogP contribution in [-0.4, -0.2) is 29.1 Å². The standard InChI is InChI=1S/C27H40Cl2N2O2/c1-3-5-7-9-11-13-18-31(19-14-12-10-8-6-4-2)27(33)30-24-17-15-16-21-25(24)22(28)20-23(29)26(21)32/h15-17,20,32H,3-14,18-19H2,1-2H3,(H,30,33). The maximum Gasteiger partial charge on any atom is 0.321 e. The number of carbonyl (C=O) groups excluding carboxylic acids is 1. The molecule has 0 atom stereocenters. The number of nitrogens with one attached hydrogen (secondary N) is 1. The zero-order chi connectivity index (χ0) is 24.1. The largest absolute Gasteiger partial charge is 0.506 e. The summed E-state index contributed by atoms with van der Waals surface area (Å²) < 4.78 is 0. The number of urea groups is 1. The number of hydrogen-bond acceptors (Lipinski definition) is 2. The van der Waals surface area contributed by atoms with E-state index in [4.69, 9.17) is 23.2 Å². The van der Waals surface area contributed by atoms with Crippen LogP contribution in [0.25, 0.3) is 10.8 Å². The van der Waals surface area contributed by atoms with E-state index in [1.165, 1.54) is 57.4 Å². The molecule has 6 heteroatoms. The lowest BCUT2D eigenvalue weighted by Gasteiger charge is -2.24. The Balaban J connectivity index is 2.05. The summed E-state index contributed by atoms with van der Waals surface area (Å²) in [6, 6.07) is 6.75. The van der Waals surface area contributed by atoms with E-state index in [0.29, 0.717) is 21.5 Å². The monoisotopic (exact) mass is 494 g/mol. The summed E-state index contributed by atoms with van der Waals surface area (Å²) in [5, 5.41) is 15.1. The van der Waals surface area contributed by atoms with Gasteiger partial charge in [-0.25, -0.2) is 4.79 Å². The topological polar surface area (TPSA) is 52.6 Å². The van der Waals surface area contributed by atoms with E-state index in [9.17, 15) is 9.90 Å². The molecule has 0 unspecified atom stereocenters. The molecule has 184 valence electrons.